The maximum Gasteiger partial charge on any atom is -0.00399 e. The SMILES string of the molecule is CCP(=C1c2ccccc2-c2ccccc21)(c1ccccc1)c1ccccc1. The predicted octanol–water partition coefficient (Wildman–Crippen LogP) is 5.92. The number of fused-ring (bicyclic) bond motifs is 3. The Balaban J connectivity index is 2.03. The van der Waals surface area contributed by atoms with Gasteiger partial charge in [-0.15, -0.1) is 0 Å². The highest BCUT2D eigenvalue weighted by atomic mass is 31.2. The van der Waals surface area contributed by atoms with Gasteiger partial charge in [-0.1, -0.05) is 116 Å². The second-order valence-corrected chi connectivity index (χ2v) is 11.0. The zero-order valence-electron chi connectivity index (χ0n) is 16.0. The number of hydrogen-bond donors (Lipinski definition) is 0. The van der Waals surface area contributed by atoms with Gasteiger partial charge in [-0.2, -0.15) is 0 Å². The maximum atomic E-state index is 2.37. The molecule has 28 heavy (non-hydrogen) atoms. The van der Waals surface area contributed by atoms with Crippen LogP contribution in [0.4, 0.5) is 0 Å². The molecule has 0 amide bonds. The molecule has 0 saturated carbocycles. The van der Waals surface area contributed by atoms with Gasteiger partial charge >= 0.3 is 0 Å². The van der Waals surface area contributed by atoms with Gasteiger partial charge in [0, 0.05) is 0 Å². The molecule has 0 bridgehead atoms. The molecule has 4 aromatic rings. The van der Waals surface area contributed by atoms with Gasteiger partial charge in [-0.25, -0.2) is 0 Å². The zero-order chi connectivity index (χ0) is 19.0. The first-order valence-corrected chi connectivity index (χ1v) is 11.9. The van der Waals surface area contributed by atoms with Crippen LogP contribution in [-0.4, -0.2) is 11.5 Å². The van der Waals surface area contributed by atoms with Crippen molar-refractivity contribution in [2.24, 2.45) is 0 Å². The summed E-state index contributed by atoms with van der Waals surface area (Å²) in [5.41, 5.74) is 5.56. The summed E-state index contributed by atoms with van der Waals surface area (Å²) in [6.45, 7) is 0.588. The lowest BCUT2D eigenvalue weighted by Crippen LogP contribution is -2.24. The topological polar surface area (TPSA) is 0 Å². The quantitative estimate of drug-likeness (QED) is 0.342. The van der Waals surface area contributed by atoms with Crippen LogP contribution in [0, 0.1) is 0 Å². The van der Waals surface area contributed by atoms with E-state index in [0.29, 0.717) is 0 Å². The smallest absolute Gasteiger partial charge is 0.00399 e. The van der Waals surface area contributed by atoms with Gasteiger partial charge in [0.1, 0.15) is 0 Å². The van der Waals surface area contributed by atoms with E-state index < -0.39 is 6.89 Å². The minimum atomic E-state index is -1.78. The summed E-state index contributed by atoms with van der Waals surface area (Å²) in [5, 5.41) is 4.47. The Kier molecular flexibility index (Phi) is 4.30. The lowest BCUT2D eigenvalue weighted by atomic mass is 10.1. The van der Waals surface area contributed by atoms with Crippen molar-refractivity contribution in [1.82, 2.24) is 0 Å². The summed E-state index contributed by atoms with van der Waals surface area (Å²) in [4.78, 5) is 0. The molecule has 0 N–H and O–H groups in total. The Hall–Kier alpha value is -2.82. The lowest BCUT2D eigenvalue weighted by molar-refractivity contribution is 1.50. The molecule has 0 atom stereocenters. The molecule has 1 aliphatic carbocycles. The molecule has 1 heteroatoms. The van der Waals surface area contributed by atoms with E-state index in [9.17, 15) is 0 Å². The van der Waals surface area contributed by atoms with Crippen molar-refractivity contribution >= 4 is 22.8 Å². The Morgan fingerprint density at radius 2 is 0.821 bits per heavy atom. The molecule has 0 nitrogen and oxygen atoms in total. The van der Waals surface area contributed by atoms with E-state index in [-0.39, 0.29) is 0 Å². The van der Waals surface area contributed by atoms with Crippen molar-refractivity contribution in [1.29, 1.82) is 0 Å². The highest BCUT2D eigenvalue weighted by molar-refractivity contribution is 7.90. The van der Waals surface area contributed by atoms with E-state index >= 15 is 0 Å². The van der Waals surface area contributed by atoms with Gasteiger partial charge in [-0.3, -0.25) is 0 Å². The molecular formula is C27H23P. The van der Waals surface area contributed by atoms with Crippen LogP contribution >= 0.6 is 6.89 Å². The van der Waals surface area contributed by atoms with Gasteiger partial charge in [0.2, 0.25) is 0 Å². The van der Waals surface area contributed by atoms with Crippen LogP contribution in [0.1, 0.15) is 18.1 Å². The first-order valence-electron chi connectivity index (χ1n) is 9.92. The fraction of sp³-hybridized carbons (Fsp3) is 0.0741. The van der Waals surface area contributed by atoms with E-state index in [1.54, 1.807) is 5.29 Å². The third-order valence-electron chi connectivity index (χ3n) is 5.90. The van der Waals surface area contributed by atoms with E-state index in [4.69, 9.17) is 0 Å². The van der Waals surface area contributed by atoms with Crippen LogP contribution in [0.15, 0.2) is 109 Å². The number of hydrogen-bond acceptors (Lipinski definition) is 0. The minimum Gasteiger partial charge on any atom is -0.0622 e. The van der Waals surface area contributed by atoms with Gasteiger partial charge in [-0.05, 0) is 51.2 Å². The molecule has 0 unspecified atom stereocenters. The molecule has 0 aromatic heterocycles. The number of rotatable bonds is 3. The summed E-state index contributed by atoms with van der Waals surface area (Å²) in [7, 11) is 0. The standard InChI is InChI=1S/C27H23P/c1-2-28(21-13-5-3-6-14-21,22-15-7-4-8-16-22)27-25-19-11-9-17-23(25)24-18-10-12-20-26(24)27/h3-20H,2H2,1H3. The van der Waals surface area contributed by atoms with Crippen LogP contribution in [0.25, 0.3) is 11.1 Å². The molecule has 1 aliphatic rings. The average Bonchev–Trinajstić information content (AvgIpc) is 3.12. The van der Waals surface area contributed by atoms with Gasteiger partial charge in [0.15, 0.2) is 0 Å². The summed E-state index contributed by atoms with van der Waals surface area (Å²) < 4.78 is 0. The van der Waals surface area contributed by atoms with Crippen molar-refractivity contribution in [2.45, 2.75) is 6.92 Å². The fourth-order valence-corrected chi connectivity index (χ4v) is 9.14. The summed E-state index contributed by atoms with van der Waals surface area (Å²) >= 11 is 0. The first kappa shape index (κ1) is 17.3. The Labute approximate surface area is 167 Å². The van der Waals surface area contributed by atoms with E-state index in [2.05, 4.69) is 116 Å². The molecule has 0 radical (unpaired) electrons. The Morgan fingerprint density at radius 3 is 1.21 bits per heavy atom. The summed E-state index contributed by atoms with van der Waals surface area (Å²) in [6.07, 6.45) is 1.11. The third-order valence-corrected chi connectivity index (χ3v) is 10.5. The molecular weight excluding hydrogens is 355 g/mol. The summed E-state index contributed by atoms with van der Waals surface area (Å²) in [5.74, 6) is 0. The Bertz CT molecular complexity index is 1100. The van der Waals surface area contributed by atoms with Crippen molar-refractivity contribution in [3.05, 3.63) is 120 Å². The van der Waals surface area contributed by atoms with Crippen molar-refractivity contribution < 1.29 is 0 Å². The van der Waals surface area contributed by atoms with Crippen LogP contribution in [-0.2, 0) is 0 Å². The fourth-order valence-electron chi connectivity index (χ4n) is 4.70. The number of benzene rings is 4. The highest BCUT2D eigenvalue weighted by Crippen LogP contribution is 2.54. The largest absolute Gasteiger partial charge is 0.0622 e. The lowest BCUT2D eigenvalue weighted by Gasteiger charge is -2.31. The van der Waals surface area contributed by atoms with E-state index in [0.717, 1.165) is 6.16 Å². The monoisotopic (exact) mass is 378 g/mol. The highest BCUT2D eigenvalue weighted by Gasteiger charge is 2.33. The first-order chi connectivity index (χ1) is 13.9. The maximum absolute atomic E-state index is 2.37. The molecule has 5 rings (SSSR count). The van der Waals surface area contributed by atoms with Crippen molar-refractivity contribution in [2.75, 3.05) is 6.16 Å². The Morgan fingerprint density at radius 1 is 0.464 bits per heavy atom. The third kappa shape index (κ3) is 2.45. The van der Waals surface area contributed by atoms with E-state index in [1.807, 2.05) is 0 Å². The second-order valence-electron chi connectivity index (χ2n) is 7.24. The molecule has 4 aromatic carbocycles. The molecule has 0 saturated heterocycles. The molecule has 0 spiro atoms. The molecule has 0 aliphatic heterocycles. The molecule has 0 heterocycles. The summed E-state index contributed by atoms with van der Waals surface area (Å²) in [6, 6.07) is 40.2. The molecule has 0 fully saturated rings. The van der Waals surface area contributed by atoms with Gasteiger partial charge < -0.3 is 0 Å². The zero-order valence-corrected chi connectivity index (χ0v) is 16.9. The van der Waals surface area contributed by atoms with E-state index in [1.165, 1.54) is 32.9 Å². The normalized spacial score (nSPS) is 12.5. The van der Waals surface area contributed by atoms with Gasteiger partial charge in [0.25, 0.3) is 0 Å². The van der Waals surface area contributed by atoms with Crippen molar-refractivity contribution in [3.8, 4) is 11.1 Å². The second kappa shape index (κ2) is 6.97. The average molecular weight is 378 g/mol. The van der Waals surface area contributed by atoms with Gasteiger partial charge in [0.05, 0.1) is 0 Å². The predicted molar refractivity (Wildman–Crippen MR) is 125 cm³/mol. The van der Waals surface area contributed by atoms with Crippen LogP contribution in [0.3, 0.4) is 0 Å². The van der Waals surface area contributed by atoms with Crippen molar-refractivity contribution in [3.63, 3.8) is 0 Å². The minimum absolute atomic E-state index is 1.11. The van der Waals surface area contributed by atoms with Crippen LogP contribution < -0.4 is 10.6 Å². The molecule has 136 valence electrons. The van der Waals surface area contributed by atoms with Crippen LogP contribution in [0.5, 0.6) is 0 Å². The van der Waals surface area contributed by atoms with Crippen LogP contribution in [0.2, 0.25) is 0 Å².